The predicted molar refractivity (Wildman–Crippen MR) is 129 cm³/mol. The van der Waals surface area contributed by atoms with Gasteiger partial charge in [-0.3, -0.25) is 9.47 Å². The maximum absolute atomic E-state index is 14.0. The lowest BCUT2D eigenvalue weighted by atomic mass is 9.95. The minimum atomic E-state index is -4.53. The van der Waals surface area contributed by atoms with Crippen LogP contribution in [0.3, 0.4) is 0 Å². The summed E-state index contributed by atoms with van der Waals surface area (Å²) in [7, 11) is 0. The van der Waals surface area contributed by atoms with Gasteiger partial charge < -0.3 is 4.90 Å². The molecule has 1 saturated heterocycles. The summed E-state index contributed by atoms with van der Waals surface area (Å²) < 4.78 is 83.1. The fourth-order valence-electron chi connectivity index (χ4n) is 4.99. The first-order valence-corrected chi connectivity index (χ1v) is 12.5. The van der Waals surface area contributed by atoms with Crippen LogP contribution in [-0.2, 0) is 19.3 Å². The molecule has 0 saturated carbocycles. The van der Waals surface area contributed by atoms with Gasteiger partial charge in [-0.2, -0.15) is 26.3 Å². The quantitative estimate of drug-likeness (QED) is 0.349. The van der Waals surface area contributed by atoms with Crippen LogP contribution in [0.5, 0.6) is 0 Å². The molecule has 0 spiro atoms. The summed E-state index contributed by atoms with van der Waals surface area (Å²) in [6.07, 6.45) is -7.88. The highest BCUT2D eigenvalue weighted by Gasteiger charge is 2.52. The van der Waals surface area contributed by atoms with Gasteiger partial charge >= 0.3 is 12.4 Å². The maximum Gasteiger partial charge on any atom is 0.433 e. The standard InChI is InChI=1S/C25H25ClF6N6/c1-23(2,25(30,31)32)37-13-16-12-17(26)6-7-18(16)38-21(14-37)34-35-22(38)15-8-10-36(11-9-15)20-5-3-4-19(33-20)24(27,28)29/h3-7,12,15H,8-11,13-14H2,1-2H3. The van der Waals surface area contributed by atoms with Crippen molar-refractivity contribution in [3.05, 3.63) is 64.3 Å². The molecular weight excluding hydrogens is 534 g/mol. The van der Waals surface area contributed by atoms with Crippen LogP contribution >= 0.6 is 11.6 Å². The van der Waals surface area contributed by atoms with Gasteiger partial charge in [0.15, 0.2) is 5.82 Å². The number of hydrogen-bond acceptors (Lipinski definition) is 5. The first-order chi connectivity index (χ1) is 17.8. The Bertz CT molecular complexity index is 1330. The zero-order valence-electron chi connectivity index (χ0n) is 20.6. The molecule has 0 atom stereocenters. The number of halogens is 7. The number of aromatic nitrogens is 4. The minimum Gasteiger partial charge on any atom is -0.357 e. The lowest BCUT2D eigenvalue weighted by molar-refractivity contribution is -0.224. The van der Waals surface area contributed by atoms with Crippen molar-refractivity contribution in [1.82, 2.24) is 24.6 Å². The van der Waals surface area contributed by atoms with E-state index >= 15 is 0 Å². The summed E-state index contributed by atoms with van der Waals surface area (Å²) in [5.41, 5.74) is -1.77. The highest BCUT2D eigenvalue weighted by molar-refractivity contribution is 6.30. The Morgan fingerprint density at radius 3 is 2.29 bits per heavy atom. The molecule has 2 aliphatic rings. The molecule has 204 valence electrons. The molecule has 3 aromatic rings. The molecular formula is C25H25ClF6N6. The lowest BCUT2D eigenvalue weighted by Gasteiger charge is -2.38. The van der Waals surface area contributed by atoms with Crippen LogP contribution in [0.4, 0.5) is 32.2 Å². The molecule has 2 aliphatic heterocycles. The third kappa shape index (κ3) is 4.84. The van der Waals surface area contributed by atoms with Gasteiger partial charge in [0.05, 0.1) is 12.2 Å². The van der Waals surface area contributed by atoms with Crippen molar-refractivity contribution in [2.45, 2.75) is 63.6 Å². The van der Waals surface area contributed by atoms with Gasteiger partial charge in [0.1, 0.15) is 22.9 Å². The van der Waals surface area contributed by atoms with Gasteiger partial charge in [-0.25, -0.2) is 4.98 Å². The normalized spacial score (nSPS) is 17.8. The number of nitrogens with zero attached hydrogens (tertiary/aromatic N) is 6. The first-order valence-electron chi connectivity index (χ1n) is 12.1. The van der Waals surface area contributed by atoms with E-state index < -0.39 is 23.6 Å². The molecule has 0 N–H and O–H groups in total. The molecule has 0 amide bonds. The summed E-state index contributed by atoms with van der Waals surface area (Å²) in [6.45, 7) is 3.12. The van der Waals surface area contributed by atoms with E-state index in [1.807, 2.05) is 4.57 Å². The number of benzene rings is 1. The fourth-order valence-corrected chi connectivity index (χ4v) is 5.18. The highest BCUT2D eigenvalue weighted by atomic mass is 35.5. The van der Waals surface area contributed by atoms with Crippen LogP contribution in [-0.4, -0.2) is 49.5 Å². The van der Waals surface area contributed by atoms with E-state index in [0.29, 0.717) is 53.9 Å². The summed E-state index contributed by atoms with van der Waals surface area (Å²) in [5.74, 6) is 1.17. The molecule has 0 bridgehead atoms. The van der Waals surface area contributed by atoms with E-state index in [4.69, 9.17) is 11.6 Å². The minimum absolute atomic E-state index is 0.0187. The molecule has 0 unspecified atom stereocenters. The second-order valence-corrected chi connectivity index (χ2v) is 10.6. The number of rotatable bonds is 3. The largest absolute Gasteiger partial charge is 0.433 e. The monoisotopic (exact) mass is 558 g/mol. The lowest BCUT2D eigenvalue weighted by Crippen LogP contribution is -2.53. The van der Waals surface area contributed by atoms with Gasteiger partial charge in [-0.1, -0.05) is 17.7 Å². The molecule has 5 rings (SSSR count). The number of fused-ring (bicyclic) bond motifs is 3. The van der Waals surface area contributed by atoms with Crippen molar-refractivity contribution >= 4 is 17.4 Å². The van der Waals surface area contributed by atoms with Crippen molar-refractivity contribution < 1.29 is 26.3 Å². The van der Waals surface area contributed by atoms with Crippen LogP contribution < -0.4 is 4.90 Å². The Hall–Kier alpha value is -2.86. The summed E-state index contributed by atoms with van der Waals surface area (Å²) in [6, 6.07) is 8.94. The van der Waals surface area contributed by atoms with E-state index in [2.05, 4.69) is 15.2 Å². The molecule has 6 nitrogen and oxygen atoms in total. The summed E-state index contributed by atoms with van der Waals surface area (Å²) >= 11 is 6.22. The Balaban J connectivity index is 1.44. The number of anilines is 1. The smallest absolute Gasteiger partial charge is 0.357 e. The zero-order chi connectivity index (χ0) is 27.5. The summed E-state index contributed by atoms with van der Waals surface area (Å²) in [5, 5.41) is 9.10. The Labute approximate surface area is 220 Å². The van der Waals surface area contributed by atoms with Gasteiger partial charge in [0, 0.05) is 30.6 Å². The SMILES string of the molecule is CC(C)(N1Cc2cc(Cl)ccc2-n2c(nnc2C2CCN(c3cccc(C(F)(F)F)n3)CC2)C1)C(F)(F)F. The molecule has 2 aromatic heterocycles. The van der Waals surface area contributed by atoms with E-state index in [9.17, 15) is 26.3 Å². The Morgan fingerprint density at radius 1 is 0.921 bits per heavy atom. The molecule has 0 aliphatic carbocycles. The van der Waals surface area contributed by atoms with Crippen molar-refractivity contribution in [2.75, 3.05) is 18.0 Å². The van der Waals surface area contributed by atoms with Crippen molar-refractivity contribution in [1.29, 1.82) is 0 Å². The number of pyridine rings is 1. The number of piperidine rings is 1. The zero-order valence-corrected chi connectivity index (χ0v) is 21.4. The van der Waals surface area contributed by atoms with Crippen molar-refractivity contribution in [2.24, 2.45) is 0 Å². The molecule has 13 heteroatoms. The van der Waals surface area contributed by atoms with Gasteiger partial charge in [0.2, 0.25) is 0 Å². The van der Waals surface area contributed by atoms with E-state index in [0.717, 1.165) is 19.9 Å². The van der Waals surface area contributed by atoms with Crippen LogP contribution in [0.2, 0.25) is 5.02 Å². The predicted octanol–water partition coefficient (Wildman–Crippen LogP) is 6.38. The van der Waals surface area contributed by atoms with Crippen molar-refractivity contribution in [3.63, 3.8) is 0 Å². The second-order valence-electron chi connectivity index (χ2n) is 10.1. The van der Waals surface area contributed by atoms with Gasteiger partial charge in [0.25, 0.3) is 0 Å². The van der Waals surface area contributed by atoms with Crippen LogP contribution in [0, 0.1) is 0 Å². The topological polar surface area (TPSA) is 50.1 Å². The second kappa shape index (κ2) is 9.41. The third-order valence-electron chi connectivity index (χ3n) is 7.42. The fraction of sp³-hybridized carbons (Fsp3) is 0.480. The molecule has 4 heterocycles. The summed E-state index contributed by atoms with van der Waals surface area (Å²) in [4.78, 5) is 6.90. The van der Waals surface area contributed by atoms with Crippen molar-refractivity contribution in [3.8, 4) is 5.69 Å². The Morgan fingerprint density at radius 2 is 1.63 bits per heavy atom. The van der Waals surface area contributed by atoms with E-state index in [1.165, 1.54) is 11.0 Å². The first kappa shape index (κ1) is 26.7. The van der Waals surface area contributed by atoms with Gasteiger partial charge in [-0.05, 0) is 62.6 Å². The Kier molecular flexibility index (Phi) is 6.62. The van der Waals surface area contributed by atoms with Crippen LogP contribution in [0.15, 0.2) is 36.4 Å². The van der Waals surface area contributed by atoms with E-state index in [-0.39, 0.29) is 24.8 Å². The van der Waals surface area contributed by atoms with Gasteiger partial charge in [-0.15, -0.1) is 10.2 Å². The number of alkyl halides is 6. The molecule has 0 radical (unpaired) electrons. The average molecular weight is 559 g/mol. The molecule has 1 aromatic carbocycles. The highest BCUT2D eigenvalue weighted by Crippen LogP contribution is 2.40. The maximum atomic E-state index is 14.0. The molecule has 38 heavy (non-hydrogen) atoms. The average Bonchev–Trinajstić information content (AvgIpc) is 3.18. The van der Waals surface area contributed by atoms with E-state index in [1.54, 1.807) is 29.2 Å². The van der Waals surface area contributed by atoms with Crippen LogP contribution in [0.1, 0.15) is 55.5 Å². The number of hydrogen-bond donors (Lipinski definition) is 0. The molecule has 1 fully saturated rings. The third-order valence-corrected chi connectivity index (χ3v) is 7.66. The van der Waals surface area contributed by atoms with Crippen LogP contribution in [0.25, 0.3) is 5.69 Å².